The summed E-state index contributed by atoms with van der Waals surface area (Å²) in [4.78, 5) is 23.1. The first-order valence-electron chi connectivity index (χ1n) is 6.71. The SMILES string of the molecule is O=C1Cc2cc(NC(=O)NC3CCCC3)ccc2N1. The zero-order chi connectivity index (χ0) is 13.2. The summed E-state index contributed by atoms with van der Waals surface area (Å²) in [5.41, 5.74) is 2.50. The molecule has 2 aliphatic rings. The van der Waals surface area contributed by atoms with Crippen LogP contribution >= 0.6 is 0 Å². The first kappa shape index (κ1) is 12.0. The Morgan fingerprint density at radius 3 is 2.84 bits per heavy atom. The highest BCUT2D eigenvalue weighted by Crippen LogP contribution is 2.26. The molecule has 0 radical (unpaired) electrons. The molecule has 1 fully saturated rings. The average Bonchev–Trinajstić information content (AvgIpc) is 2.96. The number of carbonyl (C=O) groups excluding carboxylic acids is 2. The van der Waals surface area contributed by atoms with Crippen LogP contribution in [0.3, 0.4) is 0 Å². The molecular formula is C14H17N3O2. The maximum atomic E-state index is 11.8. The van der Waals surface area contributed by atoms with E-state index in [9.17, 15) is 9.59 Å². The van der Waals surface area contributed by atoms with Gasteiger partial charge in [0.15, 0.2) is 0 Å². The second kappa shape index (κ2) is 4.91. The molecule has 3 rings (SSSR count). The number of urea groups is 1. The van der Waals surface area contributed by atoms with Gasteiger partial charge in [-0.1, -0.05) is 12.8 Å². The molecule has 0 unspecified atom stereocenters. The highest BCUT2D eigenvalue weighted by Gasteiger charge is 2.19. The normalized spacial score (nSPS) is 18.0. The molecule has 1 aromatic rings. The van der Waals surface area contributed by atoms with Gasteiger partial charge in [0.05, 0.1) is 6.42 Å². The minimum Gasteiger partial charge on any atom is -0.335 e. The molecule has 19 heavy (non-hydrogen) atoms. The third kappa shape index (κ3) is 2.70. The Morgan fingerprint density at radius 1 is 1.26 bits per heavy atom. The third-order valence-corrected chi connectivity index (χ3v) is 3.68. The van der Waals surface area contributed by atoms with Crippen LogP contribution in [-0.2, 0) is 11.2 Å². The lowest BCUT2D eigenvalue weighted by atomic mass is 10.1. The molecular weight excluding hydrogens is 242 g/mol. The van der Waals surface area contributed by atoms with Crippen molar-refractivity contribution in [2.75, 3.05) is 10.6 Å². The molecule has 3 N–H and O–H groups in total. The van der Waals surface area contributed by atoms with E-state index in [1.807, 2.05) is 12.1 Å². The third-order valence-electron chi connectivity index (χ3n) is 3.68. The van der Waals surface area contributed by atoms with Crippen molar-refractivity contribution in [3.05, 3.63) is 23.8 Å². The zero-order valence-electron chi connectivity index (χ0n) is 10.7. The summed E-state index contributed by atoms with van der Waals surface area (Å²) >= 11 is 0. The molecule has 0 bridgehead atoms. The summed E-state index contributed by atoms with van der Waals surface area (Å²) in [7, 11) is 0. The van der Waals surface area contributed by atoms with Crippen molar-refractivity contribution in [3.8, 4) is 0 Å². The number of carbonyl (C=O) groups is 2. The van der Waals surface area contributed by atoms with E-state index in [4.69, 9.17) is 0 Å². The Kier molecular flexibility index (Phi) is 3.11. The van der Waals surface area contributed by atoms with Crippen molar-refractivity contribution in [3.63, 3.8) is 0 Å². The molecule has 3 amide bonds. The molecule has 1 saturated carbocycles. The summed E-state index contributed by atoms with van der Waals surface area (Å²) in [5.74, 6) is 0.00237. The van der Waals surface area contributed by atoms with Gasteiger partial charge in [0, 0.05) is 17.4 Å². The van der Waals surface area contributed by atoms with Gasteiger partial charge >= 0.3 is 6.03 Å². The van der Waals surface area contributed by atoms with Crippen LogP contribution in [-0.4, -0.2) is 18.0 Å². The topological polar surface area (TPSA) is 70.2 Å². The molecule has 0 spiro atoms. The van der Waals surface area contributed by atoms with E-state index in [2.05, 4.69) is 16.0 Å². The molecule has 1 heterocycles. The van der Waals surface area contributed by atoms with Crippen LogP contribution in [0.2, 0.25) is 0 Å². The summed E-state index contributed by atoms with van der Waals surface area (Å²) < 4.78 is 0. The maximum absolute atomic E-state index is 11.8. The number of rotatable bonds is 2. The Labute approximate surface area is 111 Å². The first-order valence-corrected chi connectivity index (χ1v) is 6.71. The number of anilines is 2. The van der Waals surface area contributed by atoms with Crippen molar-refractivity contribution < 1.29 is 9.59 Å². The monoisotopic (exact) mass is 259 g/mol. The van der Waals surface area contributed by atoms with Gasteiger partial charge in [-0.15, -0.1) is 0 Å². The highest BCUT2D eigenvalue weighted by molar-refractivity contribution is 6.00. The van der Waals surface area contributed by atoms with E-state index in [1.54, 1.807) is 6.07 Å². The van der Waals surface area contributed by atoms with E-state index in [0.29, 0.717) is 12.5 Å². The van der Waals surface area contributed by atoms with Crippen LogP contribution in [0.25, 0.3) is 0 Å². The van der Waals surface area contributed by atoms with E-state index >= 15 is 0 Å². The molecule has 0 saturated heterocycles. The zero-order valence-corrected chi connectivity index (χ0v) is 10.7. The van der Waals surface area contributed by atoms with Gasteiger partial charge in [-0.05, 0) is 36.6 Å². The first-order chi connectivity index (χ1) is 9.20. The van der Waals surface area contributed by atoms with Crippen LogP contribution in [0, 0.1) is 0 Å². The Hall–Kier alpha value is -2.04. The number of benzene rings is 1. The standard InChI is InChI=1S/C14H17N3O2/c18-13-8-9-7-11(5-6-12(9)17-13)16-14(19)15-10-3-1-2-4-10/h5-7,10H,1-4,8H2,(H,17,18)(H2,15,16,19). The lowest BCUT2D eigenvalue weighted by molar-refractivity contribution is -0.115. The van der Waals surface area contributed by atoms with Gasteiger partial charge in [-0.2, -0.15) is 0 Å². The second-order valence-electron chi connectivity index (χ2n) is 5.18. The molecule has 1 aliphatic carbocycles. The fraction of sp³-hybridized carbons (Fsp3) is 0.429. The average molecular weight is 259 g/mol. The number of hydrogen-bond acceptors (Lipinski definition) is 2. The molecule has 0 aromatic heterocycles. The van der Waals surface area contributed by atoms with Crippen LogP contribution in [0.15, 0.2) is 18.2 Å². The van der Waals surface area contributed by atoms with E-state index < -0.39 is 0 Å². The molecule has 100 valence electrons. The van der Waals surface area contributed by atoms with E-state index in [-0.39, 0.29) is 11.9 Å². The number of fused-ring (bicyclic) bond motifs is 1. The highest BCUT2D eigenvalue weighted by atomic mass is 16.2. The van der Waals surface area contributed by atoms with Crippen LogP contribution < -0.4 is 16.0 Å². The molecule has 5 nitrogen and oxygen atoms in total. The smallest absolute Gasteiger partial charge is 0.319 e. The van der Waals surface area contributed by atoms with Crippen LogP contribution in [0.4, 0.5) is 16.2 Å². The van der Waals surface area contributed by atoms with Crippen LogP contribution in [0.5, 0.6) is 0 Å². The minimum absolute atomic E-state index is 0.00237. The van der Waals surface area contributed by atoms with Gasteiger partial charge < -0.3 is 16.0 Å². The van der Waals surface area contributed by atoms with Crippen molar-refractivity contribution in [1.29, 1.82) is 0 Å². The Bertz CT molecular complexity index is 521. The van der Waals surface area contributed by atoms with Gasteiger partial charge in [0.1, 0.15) is 0 Å². The number of nitrogens with one attached hydrogen (secondary N) is 3. The fourth-order valence-electron chi connectivity index (χ4n) is 2.73. The molecule has 1 aliphatic heterocycles. The van der Waals surface area contributed by atoms with Crippen molar-refractivity contribution in [2.24, 2.45) is 0 Å². The Balaban J connectivity index is 1.62. The molecule has 1 aromatic carbocycles. The van der Waals surface area contributed by atoms with Crippen molar-refractivity contribution >= 4 is 23.3 Å². The predicted octanol–water partition coefficient (Wildman–Crippen LogP) is 2.25. The summed E-state index contributed by atoms with van der Waals surface area (Å²) in [6.07, 6.45) is 4.90. The van der Waals surface area contributed by atoms with Gasteiger partial charge in [-0.3, -0.25) is 4.79 Å². The summed E-state index contributed by atoms with van der Waals surface area (Å²) in [6, 6.07) is 5.62. The van der Waals surface area contributed by atoms with Gasteiger partial charge in [0.2, 0.25) is 5.91 Å². The molecule has 5 heteroatoms. The van der Waals surface area contributed by atoms with Gasteiger partial charge in [0.25, 0.3) is 0 Å². The van der Waals surface area contributed by atoms with E-state index in [0.717, 1.165) is 29.8 Å². The van der Waals surface area contributed by atoms with E-state index in [1.165, 1.54) is 12.8 Å². The summed E-state index contributed by atoms with van der Waals surface area (Å²) in [6.45, 7) is 0. The predicted molar refractivity (Wildman–Crippen MR) is 73.2 cm³/mol. The van der Waals surface area contributed by atoms with Crippen LogP contribution in [0.1, 0.15) is 31.2 Å². The number of amides is 3. The van der Waals surface area contributed by atoms with Gasteiger partial charge in [-0.25, -0.2) is 4.79 Å². The van der Waals surface area contributed by atoms with Crippen molar-refractivity contribution in [1.82, 2.24) is 5.32 Å². The summed E-state index contributed by atoms with van der Waals surface area (Å²) in [5, 5.41) is 8.56. The minimum atomic E-state index is -0.163. The fourth-order valence-corrected chi connectivity index (χ4v) is 2.73. The quantitative estimate of drug-likeness (QED) is 0.762. The molecule has 0 atom stereocenters. The number of hydrogen-bond donors (Lipinski definition) is 3. The largest absolute Gasteiger partial charge is 0.335 e. The Morgan fingerprint density at radius 2 is 2.05 bits per heavy atom. The second-order valence-corrected chi connectivity index (χ2v) is 5.18. The maximum Gasteiger partial charge on any atom is 0.319 e. The lowest BCUT2D eigenvalue weighted by Gasteiger charge is -2.13. The lowest BCUT2D eigenvalue weighted by Crippen LogP contribution is -2.36. The van der Waals surface area contributed by atoms with Crippen molar-refractivity contribution in [2.45, 2.75) is 38.1 Å².